The number of H-pyrrole nitrogens is 1. The van der Waals surface area contributed by atoms with Gasteiger partial charge in [-0.15, -0.1) is 0 Å². The average Bonchev–Trinajstić information content (AvgIpc) is 2.55. The summed E-state index contributed by atoms with van der Waals surface area (Å²) in [6.45, 7) is 1.99. The average molecular weight is 324 g/mol. The van der Waals surface area contributed by atoms with Crippen molar-refractivity contribution < 1.29 is 9.18 Å². The van der Waals surface area contributed by atoms with Crippen molar-refractivity contribution >= 4 is 22.5 Å². The monoisotopic (exact) mass is 324 g/mol. The fourth-order valence-electron chi connectivity index (χ4n) is 2.56. The third-order valence-corrected chi connectivity index (χ3v) is 3.83. The number of hydrogen-bond acceptors (Lipinski definition) is 2. The van der Waals surface area contributed by atoms with Gasteiger partial charge in [-0.25, -0.2) is 4.39 Å². The molecular weight excluding hydrogens is 307 g/mol. The molecule has 5 heteroatoms. The number of hydrogen-bond donors (Lipinski definition) is 2. The molecule has 0 aliphatic carbocycles. The van der Waals surface area contributed by atoms with Crippen LogP contribution in [0.3, 0.4) is 0 Å². The number of fused-ring (bicyclic) bond motifs is 1. The number of nitrogens with one attached hydrogen (secondary N) is 2. The smallest absolute Gasteiger partial charge is 0.251 e. The highest BCUT2D eigenvalue weighted by Gasteiger charge is 2.07. The lowest BCUT2D eigenvalue weighted by molar-refractivity contribution is -0.116. The molecule has 0 bridgehead atoms. The fraction of sp³-hybridized carbons (Fsp3) is 0.158. The molecule has 3 aromatic rings. The van der Waals surface area contributed by atoms with Crippen LogP contribution < -0.4 is 10.9 Å². The van der Waals surface area contributed by atoms with Crippen molar-refractivity contribution in [1.82, 2.24) is 4.98 Å². The minimum atomic E-state index is -0.356. The van der Waals surface area contributed by atoms with Gasteiger partial charge in [0.2, 0.25) is 5.91 Å². The third-order valence-electron chi connectivity index (χ3n) is 3.83. The van der Waals surface area contributed by atoms with Crippen LogP contribution >= 0.6 is 0 Å². The molecule has 122 valence electrons. The molecule has 0 aliphatic rings. The standard InChI is InChI=1S/C19H17FN2O2/c1-12-2-8-17-14(10-12)11-13(19(24)22-17)3-9-18(23)21-16-6-4-15(20)5-7-16/h2,4-8,10-11H,3,9H2,1H3,(H,21,23)(H,22,24). The number of pyridine rings is 1. The molecule has 0 fully saturated rings. The normalized spacial score (nSPS) is 10.8. The Balaban J connectivity index is 1.70. The summed E-state index contributed by atoms with van der Waals surface area (Å²) in [4.78, 5) is 26.9. The van der Waals surface area contributed by atoms with Gasteiger partial charge in [0.05, 0.1) is 0 Å². The predicted octanol–water partition coefficient (Wildman–Crippen LogP) is 3.55. The molecule has 1 amide bonds. The Morgan fingerprint density at radius 2 is 1.88 bits per heavy atom. The zero-order valence-corrected chi connectivity index (χ0v) is 13.2. The molecule has 0 radical (unpaired) electrons. The maximum Gasteiger partial charge on any atom is 0.251 e. The predicted molar refractivity (Wildman–Crippen MR) is 92.7 cm³/mol. The van der Waals surface area contributed by atoms with Crippen LogP contribution in [0.5, 0.6) is 0 Å². The van der Waals surface area contributed by atoms with Gasteiger partial charge in [-0.2, -0.15) is 0 Å². The maximum absolute atomic E-state index is 12.8. The van der Waals surface area contributed by atoms with Gasteiger partial charge in [0.15, 0.2) is 0 Å². The second-order valence-corrected chi connectivity index (χ2v) is 5.77. The molecule has 0 unspecified atom stereocenters. The molecular formula is C19H17FN2O2. The highest BCUT2D eigenvalue weighted by atomic mass is 19.1. The van der Waals surface area contributed by atoms with E-state index in [4.69, 9.17) is 0 Å². The zero-order chi connectivity index (χ0) is 17.1. The van der Waals surface area contributed by atoms with E-state index in [2.05, 4.69) is 10.3 Å². The minimum absolute atomic E-state index is 0.178. The maximum atomic E-state index is 12.8. The van der Waals surface area contributed by atoms with Crippen molar-refractivity contribution in [2.75, 3.05) is 5.32 Å². The SMILES string of the molecule is Cc1ccc2[nH]c(=O)c(CCC(=O)Nc3ccc(F)cc3)cc2c1. The highest BCUT2D eigenvalue weighted by Crippen LogP contribution is 2.14. The van der Waals surface area contributed by atoms with Crippen molar-refractivity contribution in [3.05, 3.63) is 75.8 Å². The number of rotatable bonds is 4. The van der Waals surface area contributed by atoms with E-state index in [1.165, 1.54) is 24.3 Å². The first-order valence-corrected chi connectivity index (χ1v) is 7.69. The summed E-state index contributed by atoms with van der Waals surface area (Å²) in [5, 5.41) is 3.64. The van der Waals surface area contributed by atoms with Gasteiger partial charge >= 0.3 is 0 Å². The van der Waals surface area contributed by atoms with Gasteiger partial charge in [-0.05, 0) is 61.2 Å². The number of benzene rings is 2. The highest BCUT2D eigenvalue weighted by molar-refractivity contribution is 5.90. The molecule has 2 aromatic carbocycles. The second kappa shape index (κ2) is 6.66. The Bertz CT molecular complexity index is 946. The summed E-state index contributed by atoms with van der Waals surface area (Å²) in [5.41, 5.74) is 2.81. The van der Waals surface area contributed by atoms with E-state index < -0.39 is 0 Å². The second-order valence-electron chi connectivity index (χ2n) is 5.77. The summed E-state index contributed by atoms with van der Waals surface area (Å²) in [7, 11) is 0. The molecule has 0 saturated carbocycles. The van der Waals surface area contributed by atoms with Crippen LogP contribution in [-0.2, 0) is 11.2 Å². The summed E-state index contributed by atoms with van der Waals surface area (Å²) in [6.07, 6.45) is 0.518. The molecule has 3 rings (SSSR count). The Morgan fingerprint density at radius 3 is 2.62 bits per heavy atom. The number of aromatic amines is 1. The molecule has 2 N–H and O–H groups in total. The number of carbonyl (C=O) groups excluding carboxylic acids is 1. The molecule has 0 atom stereocenters. The van der Waals surface area contributed by atoms with Crippen molar-refractivity contribution in [3.8, 4) is 0 Å². The van der Waals surface area contributed by atoms with Gasteiger partial charge in [0.1, 0.15) is 5.82 Å². The van der Waals surface area contributed by atoms with Crippen molar-refractivity contribution in [2.45, 2.75) is 19.8 Å². The Morgan fingerprint density at radius 1 is 1.12 bits per heavy atom. The Labute approximate surface area is 138 Å². The first kappa shape index (κ1) is 15.9. The van der Waals surface area contributed by atoms with E-state index in [0.29, 0.717) is 17.7 Å². The first-order chi connectivity index (χ1) is 11.5. The number of aromatic nitrogens is 1. The molecule has 0 spiro atoms. The number of anilines is 1. The quantitative estimate of drug-likeness (QED) is 0.771. The molecule has 24 heavy (non-hydrogen) atoms. The largest absolute Gasteiger partial charge is 0.326 e. The van der Waals surface area contributed by atoms with Crippen LogP contribution in [-0.4, -0.2) is 10.9 Å². The lowest BCUT2D eigenvalue weighted by Crippen LogP contribution is -2.17. The van der Waals surface area contributed by atoms with Gasteiger partial charge in [-0.1, -0.05) is 11.6 Å². The number of amides is 1. The lowest BCUT2D eigenvalue weighted by Gasteiger charge is -2.06. The van der Waals surface area contributed by atoms with Crippen molar-refractivity contribution in [2.24, 2.45) is 0 Å². The van der Waals surface area contributed by atoms with Crippen molar-refractivity contribution in [3.63, 3.8) is 0 Å². The number of carbonyl (C=O) groups is 1. The number of halogens is 1. The van der Waals surface area contributed by atoms with E-state index >= 15 is 0 Å². The first-order valence-electron chi connectivity index (χ1n) is 7.69. The van der Waals surface area contributed by atoms with Gasteiger partial charge in [0, 0.05) is 23.2 Å². The van der Waals surface area contributed by atoms with E-state index in [9.17, 15) is 14.0 Å². The number of aryl methyl sites for hydroxylation is 2. The Hall–Kier alpha value is -2.95. The topological polar surface area (TPSA) is 62.0 Å². The lowest BCUT2D eigenvalue weighted by atomic mass is 10.1. The van der Waals surface area contributed by atoms with E-state index in [1.54, 1.807) is 0 Å². The Kier molecular flexibility index (Phi) is 4.42. The summed E-state index contributed by atoms with van der Waals surface area (Å²) >= 11 is 0. The summed E-state index contributed by atoms with van der Waals surface area (Å²) in [5.74, 6) is -0.573. The van der Waals surface area contributed by atoms with Crippen LogP contribution in [0.1, 0.15) is 17.5 Å². The van der Waals surface area contributed by atoms with Crippen LogP contribution in [0.25, 0.3) is 10.9 Å². The van der Waals surface area contributed by atoms with Gasteiger partial charge in [0.25, 0.3) is 5.56 Å². The summed E-state index contributed by atoms with van der Waals surface area (Å²) in [6, 6.07) is 13.2. The van der Waals surface area contributed by atoms with Crippen molar-refractivity contribution in [1.29, 1.82) is 0 Å². The van der Waals surface area contributed by atoms with E-state index in [0.717, 1.165) is 16.5 Å². The van der Waals surface area contributed by atoms with Gasteiger partial charge < -0.3 is 10.3 Å². The zero-order valence-electron chi connectivity index (χ0n) is 13.2. The van der Waals surface area contributed by atoms with Crippen LogP contribution in [0.2, 0.25) is 0 Å². The van der Waals surface area contributed by atoms with Crippen LogP contribution in [0.15, 0.2) is 53.3 Å². The van der Waals surface area contributed by atoms with Crippen LogP contribution in [0.4, 0.5) is 10.1 Å². The van der Waals surface area contributed by atoms with E-state index in [-0.39, 0.29) is 23.7 Å². The molecule has 1 heterocycles. The third kappa shape index (κ3) is 3.68. The van der Waals surface area contributed by atoms with Crippen LogP contribution in [0, 0.1) is 12.7 Å². The molecule has 0 aliphatic heterocycles. The fourth-order valence-corrected chi connectivity index (χ4v) is 2.56. The summed E-state index contributed by atoms with van der Waals surface area (Å²) < 4.78 is 12.8. The minimum Gasteiger partial charge on any atom is -0.326 e. The molecule has 4 nitrogen and oxygen atoms in total. The molecule has 0 saturated heterocycles. The van der Waals surface area contributed by atoms with Gasteiger partial charge in [-0.3, -0.25) is 9.59 Å². The molecule has 1 aromatic heterocycles. The van der Waals surface area contributed by atoms with E-state index in [1.807, 2.05) is 31.2 Å².